The molecular formula is C43H89NO8Si4. The molecule has 7 atom stereocenters. The van der Waals surface area contributed by atoms with Gasteiger partial charge in [0.2, 0.25) is 5.91 Å². The zero-order chi connectivity index (χ0) is 44.5. The van der Waals surface area contributed by atoms with Gasteiger partial charge in [-0.1, -0.05) is 102 Å². The number of carbonyl (C=O) groups is 2. The minimum Gasteiger partial charge on any atom is -0.416 e. The average molecular weight is 861 g/mol. The van der Waals surface area contributed by atoms with Gasteiger partial charge in [0.05, 0.1) is 43.7 Å². The standard InChI is InChI=1S/C43H89NO8Si4/c1-26-27-31(2)37-43(15,50-37)38(52-56(24,25)42(12,13)14)33(30-49-54(20,21)40(6,7)8)36(46)32(29-48-53(18,19)39(3,4)5)34(28-35(45)44(16)47-17)51-55(22,23)41(9,10)11/h26-27,31-34,37-38H,28-30H2,1-25H3/t31-,32+,33-,34+,37+,38-,43?/m0/s1. The van der Waals surface area contributed by atoms with E-state index in [1.807, 2.05) is 6.92 Å². The minimum absolute atomic E-state index is 0.0353. The molecule has 330 valence electrons. The predicted octanol–water partition coefficient (Wildman–Crippen LogP) is 11.4. The van der Waals surface area contributed by atoms with Crippen molar-refractivity contribution in [2.75, 3.05) is 27.4 Å². The van der Waals surface area contributed by atoms with Gasteiger partial charge in [-0.15, -0.1) is 0 Å². The number of hydroxylamine groups is 2. The van der Waals surface area contributed by atoms with Gasteiger partial charge in [-0.3, -0.25) is 14.4 Å². The molecule has 0 aliphatic carbocycles. The molecule has 0 aromatic carbocycles. The zero-order valence-electron chi connectivity index (χ0n) is 41.0. The maximum Gasteiger partial charge on any atom is 0.248 e. The Hall–Kier alpha value is -0.492. The molecule has 0 spiro atoms. The van der Waals surface area contributed by atoms with Crippen LogP contribution in [0.1, 0.15) is 110 Å². The number of carbonyl (C=O) groups excluding carboxylic acids is 2. The highest BCUT2D eigenvalue weighted by Gasteiger charge is 2.65. The van der Waals surface area contributed by atoms with E-state index in [1.165, 1.54) is 12.2 Å². The Morgan fingerprint density at radius 1 is 0.714 bits per heavy atom. The zero-order valence-corrected chi connectivity index (χ0v) is 45.0. The number of nitrogens with zero attached hydrogens (tertiary/aromatic N) is 1. The monoisotopic (exact) mass is 860 g/mol. The molecule has 1 rings (SSSR count). The first-order valence-corrected chi connectivity index (χ1v) is 32.7. The van der Waals surface area contributed by atoms with Gasteiger partial charge < -0.3 is 22.4 Å². The molecule has 0 aromatic rings. The second-order valence-electron chi connectivity index (χ2n) is 22.9. The van der Waals surface area contributed by atoms with Crippen LogP contribution in [0, 0.1) is 17.8 Å². The number of ether oxygens (including phenoxy) is 1. The molecule has 0 bridgehead atoms. The van der Waals surface area contributed by atoms with E-state index in [-0.39, 0.29) is 63.5 Å². The Kier molecular flexibility index (Phi) is 17.8. The lowest BCUT2D eigenvalue weighted by atomic mass is 9.79. The van der Waals surface area contributed by atoms with Crippen LogP contribution in [0.3, 0.4) is 0 Å². The van der Waals surface area contributed by atoms with Crippen molar-refractivity contribution in [1.82, 2.24) is 5.06 Å². The molecule has 1 unspecified atom stereocenters. The number of Topliss-reactive ketones (excluding diaryl/α,β-unsaturated/α-hetero) is 1. The lowest BCUT2D eigenvalue weighted by Gasteiger charge is -2.46. The molecule has 56 heavy (non-hydrogen) atoms. The number of ketones is 1. The summed E-state index contributed by atoms with van der Waals surface area (Å²) in [5, 5.41) is 0.721. The summed E-state index contributed by atoms with van der Waals surface area (Å²) in [5.74, 6) is -1.72. The maximum atomic E-state index is 16.1. The smallest absolute Gasteiger partial charge is 0.248 e. The van der Waals surface area contributed by atoms with E-state index < -0.39 is 62.9 Å². The second-order valence-corrected chi connectivity index (χ2v) is 42.0. The third-order valence-electron chi connectivity index (χ3n) is 14.3. The third kappa shape index (κ3) is 13.3. The van der Waals surface area contributed by atoms with Gasteiger partial charge in [0.25, 0.3) is 0 Å². The van der Waals surface area contributed by atoms with Crippen LogP contribution in [0.15, 0.2) is 12.2 Å². The fourth-order valence-electron chi connectivity index (χ4n) is 5.81. The van der Waals surface area contributed by atoms with Gasteiger partial charge in [0, 0.05) is 26.2 Å². The topological polar surface area (TPSA) is 96.1 Å². The summed E-state index contributed by atoms with van der Waals surface area (Å²) in [6.07, 6.45) is 2.67. The van der Waals surface area contributed by atoms with Gasteiger partial charge >= 0.3 is 0 Å². The molecule has 1 saturated heterocycles. The molecule has 1 heterocycles. The van der Waals surface area contributed by atoms with Gasteiger partial charge in [-0.25, -0.2) is 5.06 Å². The first-order chi connectivity index (χ1) is 24.7. The van der Waals surface area contributed by atoms with Gasteiger partial charge in [0.1, 0.15) is 11.4 Å². The summed E-state index contributed by atoms with van der Waals surface area (Å²) in [6, 6.07) is 0. The van der Waals surface area contributed by atoms with E-state index in [0.29, 0.717) is 0 Å². The predicted molar refractivity (Wildman–Crippen MR) is 244 cm³/mol. The minimum atomic E-state index is -2.55. The molecule has 1 aliphatic rings. The average Bonchev–Trinajstić information content (AvgIpc) is 3.70. The maximum absolute atomic E-state index is 16.1. The van der Waals surface area contributed by atoms with Crippen molar-refractivity contribution >= 4 is 45.0 Å². The highest BCUT2D eigenvalue weighted by atomic mass is 28.4. The summed E-state index contributed by atoms with van der Waals surface area (Å²) in [5.41, 5.74) is -0.752. The molecule has 1 fully saturated rings. The third-order valence-corrected chi connectivity index (χ3v) is 32.3. The number of allylic oxidation sites excluding steroid dienone is 1. The van der Waals surface area contributed by atoms with Crippen LogP contribution >= 0.6 is 0 Å². The fourth-order valence-corrected chi connectivity index (χ4v) is 10.6. The Bertz CT molecular complexity index is 1340. The fraction of sp³-hybridized carbons (Fsp3) is 0.907. The number of rotatable bonds is 20. The van der Waals surface area contributed by atoms with Crippen LogP contribution in [-0.4, -0.2) is 101 Å². The summed E-state index contributed by atoms with van der Waals surface area (Å²) >= 11 is 0. The van der Waals surface area contributed by atoms with Crippen LogP contribution in [-0.2, 0) is 36.9 Å². The Morgan fingerprint density at radius 2 is 1.11 bits per heavy atom. The van der Waals surface area contributed by atoms with Crippen LogP contribution in [0.4, 0.5) is 0 Å². The molecule has 0 aromatic heterocycles. The molecule has 1 aliphatic heterocycles. The molecule has 13 heteroatoms. The van der Waals surface area contributed by atoms with Crippen LogP contribution < -0.4 is 0 Å². The van der Waals surface area contributed by atoms with Crippen molar-refractivity contribution in [3.05, 3.63) is 12.2 Å². The van der Waals surface area contributed by atoms with Crippen molar-refractivity contribution in [3.63, 3.8) is 0 Å². The van der Waals surface area contributed by atoms with Gasteiger partial charge in [-0.05, 0) is 86.4 Å². The molecule has 0 radical (unpaired) electrons. The first-order valence-electron chi connectivity index (χ1n) is 21.0. The molecule has 9 nitrogen and oxygen atoms in total. The first kappa shape index (κ1) is 53.5. The quantitative estimate of drug-likeness (QED) is 0.0517. The van der Waals surface area contributed by atoms with Crippen molar-refractivity contribution in [1.29, 1.82) is 0 Å². The highest BCUT2D eigenvalue weighted by molar-refractivity contribution is 6.75. The van der Waals surface area contributed by atoms with Crippen molar-refractivity contribution in [2.45, 2.75) is 207 Å². The van der Waals surface area contributed by atoms with Crippen molar-refractivity contribution < 1.29 is 36.9 Å². The van der Waals surface area contributed by atoms with E-state index in [2.05, 4.69) is 161 Å². The molecular weight excluding hydrogens is 771 g/mol. The SMILES string of the molecule is CC=C[C@H](C)[C@H]1OC1(C)[C@@H](O[Si](C)(C)C(C)(C)C)[C@@H](CO[Si](C)(C)C(C)(C)C)C(=O)[C@H](CO[Si](C)(C)C(C)(C)C)[C@@H](CC(=O)N(C)OC)O[Si](C)(C)C(C)(C)C. The summed E-state index contributed by atoms with van der Waals surface area (Å²) < 4.78 is 35.5. The number of hydrogen-bond acceptors (Lipinski definition) is 8. The Labute approximate surface area is 349 Å². The van der Waals surface area contributed by atoms with Crippen molar-refractivity contribution in [2.24, 2.45) is 17.8 Å². The Balaban J connectivity index is 4.32. The number of hydrogen-bond donors (Lipinski definition) is 0. The lowest BCUT2D eigenvalue weighted by molar-refractivity contribution is -0.171. The van der Waals surface area contributed by atoms with E-state index in [9.17, 15) is 4.79 Å². The summed E-state index contributed by atoms with van der Waals surface area (Å²) in [6.45, 7) is 50.8. The normalized spacial score (nSPS) is 22.1. The highest BCUT2D eigenvalue weighted by Crippen LogP contribution is 2.52. The van der Waals surface area contributed by atoms with E-state index >= 15 is 4.79 Å². The van der Waals surface area contributed by atoms with Gasteiger partial charge in [0.15, 0.2) is 33.3 Å². The van der Waals surface area contributed by atoms with E-state index in [1.54, 1.807) is 7.05 Å². The molecule has 0 saturated carbocycles. The number of epoxide rings is 1. The Morgan fingerprint density at radius 3 is 1.48 bits per heavy atom. The summed E-state index contributed by atoms with van der Waals surface area (Å²) in [7, 11) is -6.72. The van der Waals surface area contributed by atoms with Crippen LogP contribution in [0.2, 0.25) is 72.5 Å². The number of amides is 1. The van der Waals surface area contributed by atoms with E-state index in [0.717, 1.165) is 0 Å². The van der Waals surface area contributed by atoms with Crippen LogP contribution in [0.25, 0.3) is 0 Å². The molecule has 0 N–H and O–H groups in total. The summed E-state index contributed by atoms with van der Waals surface area (Å²) in [4.78, 5) is 35.4. The van der Waals surface area contributed by atoms with Gasteiger partial charge in [-0.2, -0.15) is 0 Å². The second kappa shape index (κ2) is 18.6. The lowest BCUT2D eigenvalue weighted by Crippen LogP contribution is -2.57. The van der Waals surface area contributed by atoms with Crippen LogP contribution in [0.5, 0.6) is 0 Å². The van der Waals surface area contributed by atoms with E-state index in [4.69, 9.17) is 27.3 Å². The largest absolute Gasteiger partial charge is 0.416 e. The van der Waals surface area contributed by atoms with Crippen molar-refractivity contribution in [3.8, 4) is 0 Å². The molecule has 1 amide bonds.